The van der Waals surface area contributed by atoms with Gasteiger partial charge in [0.25, 0.3) is 0 Å². The molecular formula is C17H19ClN4O4. The maximum atomic E-state index is 12.4. The van der Waals surface area contributed by atoms with E-state index in [1.54, 1.807) is 41.2 Å². The van der Waals surface area contributed by atoms with Crippen LogP contribution in [0.1, 0.15) is 11.9 Å². The van der Waals surface area contributed by atoms with E-state index in [0.29, 0.717) is 17.3 Å². The van der Waals surface area contributed by atoms with Crippen molar-refractivity contribution in [2.45, 2.75) is 37.5 Å². The van der Waals surface area contributed by atoms with Crippen LogP contribution in [0.5, 0.6) is 0 Å². The molecule has 2 aliphatic rings. The molecule has 5 unspecified atom stereocenters. The van der Waals surface area contributed by atoms with E-state index in [9.17, 15) is 9.90 Å². The van der Waals surface area contributed by atoms with Crippen LogP contribution in [0.3, 0.4) is 0 Å². The fourth-order valence-corrected chi connectivity index (χ4v) is 3.65. The Kier molecular flexibility index (Phi) is 4.58. The summed E-state index contributed by atoms with van der Waals surface area (Å²) in [6, 6.07) is 5.26. The van der Waals surface area contributed by atoms with Gasteiger partial charge in [-0.05, 0) is 25.1 Å². The first-order chi connectivity index (χ1) is 12.5. The van der Waals surface area contributed by atoms with Gasteiger partial charge in [-0.3, -0.25) is 0 Å². The predicted octanol–water partition coefficient (Wildman–Crippen LogP) is 1.69. The van der Waals surface area contributed by atoms with E-state index in [4.69, 9.17) is 21.1 Å². The number of carbonyl (C=O) groups excluding carboxylic acids is 1. The molecule has 2 amide bonds. The number of aryl methyl sites for hydroxylation is 1. The predicted molar refractivity (Wildman–Crippen MR) is 94.0 cm³/mol. The Balaban J connectivity index is 1.50. The van der Waals surface area contributed by atoms with Crippen LogP contribution in [0.15, 0.2) is 36.7 Å². The van der Waals surface area contributed by atoms with Crippen LogP contribution in [0.25, 0.3) is 0 Å². The summed E-state index contributed by atoms with van der Waals surface area (Å²) in [5.74, 6) is 0.730. The normalized spacial score (nSPS) is 30.2. The van der Waals surface area contributed by atoms with E-state index in [2.05, 4.69) is 15.6 Å². The number of benzene rings is 1. The molecule has 26 heavy (non-hydrogen) atoms. The molecule has 2 saturated heterocycles. The Bertz CT molecular complexity index is 814. The van der Waals surface area contributed by atoms with Gasteiger partial charge >= 0.3 is 6.03 Å². The molecule has 3 heterocycles. The minimum Gasteiger partial charge on any atom is -0.388 e. The van der Waals surface area contributed by atoms with Crippen molar-refractivity contribution in [2.75, 3.05) is 11.9 Å². The maximum absolute atomic E-state index is 12.4. The van der Waals surface area contributed by atoms with Crippen LogP contribution in [0, 0.1) is 6.92 Å². The zero-order valence-electron chi connectivity index (χ0n) is 14.0. The fraction of sp³-hybridized carbons (Fsp3) is 0.412. The molecule has 0 spiro atoms. The van der Waals surface area contributed by atoms with Crippen LogP contribution < -0.4 is 10.6 Å². The third-order valence-corrected chi connectivity index (χ3v) is 4.93. The molecule has 9 heteroatoms. The van der Waals surface area contributed by atoms with Crippen molar-refractivity contribution in [3.05, 3.63) is 47.5 Å². The number of aromatic nitrogens is 2. The quantitative estimate of drug-likeness (QED) is 0.755. The molecule has 2 fully saturated rings. The number of urea groups is 1. The van der Waals surface area contributed by atoms with Crippen LogP contribution in [-0.4, -0.2) is 51.8 Å². The molecule has 138 valence electrons. The van der Waals surface area contributed by atoms with Gasteiger partial charge in [0.15, 0.2) is 6.29 Å². The Morgan fingerprint density at radius 3 is 3.04 bits per heavy atom. The summed E-state index contributed by atoms with van der Waals surface area (Å²) < 4.78 is 13.3. The monoisotopic (exact) mass is 378 g/mol. The summed E-state index contributed by atoms with van der Waals surface area (Å²) in [5.41, 5.74) is 0.559. The first-order valence-electron chi connectivity index (χ1n) is 8.30. The molecule has 0 aliphatic carbocycles. The fourth-order valence-electron chi connectivity index (χ4n) is 3.46. The number of aliphatic hydroxyl groups is 1. The summed E-state index contributed by atoms with van der Waals surface area (Å²) in [5, 5.41) is 16.9. The molecule has 8 nitrogen and oxygen atoms in total. The number of fused-ring (bicyclic) bond motifs is 2. The highest BCUT2D eigenvalue weighted by Gasteiger charge is 2.51. The lowest BCUT2D eigenvalue weighted by atomic mass is 9.96. The number of hydrogen-bond acceptors (Lipinski definition) is 5. The van der Waals surface area contributed by atoms with Crippen molar-refractivity contribution < 1.29 is 19.4 Å². The van der Waals surface area contributed by atoms with Gasteiger partial charge in [-0.1, -0.05) is 17.7 Å². The third kappa shape index (κ3) is 3.16. The molecule has 0 radical (unpaired) electrons. The van der Waals surface area contributed by atoms with Crippen LogP contribution in [0.2, 0.25) is 5.02 Å². The molecule has 5 atom stereocenters. The minimum absolute atomic E-state index is 0.300. The highest BCUT2D eigenvalue weighted by atomic mass is 35.5. The molecule has 2 aliphatic heterocycles. The van der Waals surface area contributed by atoms with Crippen LogP contribution in [-0.2, 0) is 9.47 Å². The second-order valence-electron chi connectivity index (χ2n) is 6.37. The molecule has 4 rings (SSSR count). The number of halogens is 1. The molecular weight excluding hydrogens is 360 g/mol. The van der Waals surface area contributed by atoms with Crippen molar-refractivity contribution in [3.63, 3.8) is 0 Å². The van der Waals surface area contributed by atoms with E-state index in [1.807, 2.05) is 6.92 Å². The van der Waals surface area contributed by atoms with Crippen molar-refractivity contribution in [1.29, 1.82) is 0 Å². The summed E-state index contributed by atoms with van der Waals surface area (Å²) in [7, 11) is 0. The Labute approximate surface area is 155 Å². The first kappa shape index (κ1) is 17.3. The Morgan fingerprint density at radius 2 is 2.31 bits per heavy atom. The van der Waals surface area contributed by atoms with E-state index < -0.39 is 36.6 Å². The number of amides is 2. The van der Waals surface area contributed by atoms with Gasteiger partial charge < -0.3 is 29.8 Å². The lowest BCUT2D eigenvalue weighted by molar-refractivity contribution is -0.163. The lowest BCUT2D eigenvalue weighted by Gasteiger charge is -2.39. The maximum Gasteiger partial charge on any atom is 0.319 e. The standard InChI is InChI=1S/C17H19ClN4O4/c1-9-19-5-6-22(9)14-15(23)13(12-8-25-16(14)26-12)21-17(24)20-11-4-2-3-10(18)7-11/h2-7,12-16,23H,8H2,1H3,(H2,20,21,24). The highest BCUT2D eigenvalue weighted by Crippen LogP contribution is 2.36. The van der Waals surface area contributed by atoms with Crippen molar-refractivity contribution in [1.82, 2.24) is 14.9 Å². The van der Waals surface area contributed by atoms with Gasteiger partial charge in [0.05, 0.1) is 12.6 Å². The number of aliphatic hydroxyl groups excluding tert-OH is 1. The molecule has 3 N–H and O–H groups in total. The molecule has 1 aromatic heterocycles. The molecule has 0 saturated carbocycles. The van der Waals surface area contributed by atoms with Crippen LogP contribution in [0.4, 0.5) is 10.5 Å². The number of carbonyl (C=O) groups is 1. The first-order valence-corrected chi connectivity index (χ1v) is 8.68. The summed E-state index contributed by atoms with van der Waals surface area (Å²) in [6.07, 6.45) is 1.53. The lowest BCUT2D eigenvalue weighted by Crippen LogP contribution is -2.59. The third-order valence-electron chi connectivity index (χ3n) is 4.69. The number of anilines is 1. The zero-order chi connectivity index (χ0) is 18.3. The van der Waals surface area contributed by atoms with Crippen molar-refractivity contribution in [2.24, 2.45) is 0 Å². The van der Waals surface area contributed by atoms with Gasteiger partial charge in [0.1, 0.15) is 24.1 Å². The zero-order valence-corrected chi connectivity index (χ0v) is 14.8. The van der Waals surface area contributed by atoms with Gasteiger partial charge in [0.2, 0.25) is 0 Å². The second kappa shape index (κ2) is 6.88. The van der Waals surface area contributed by atoms with Crippen molar-refractivity contribution in [3.8, 4) is 0 Å². The highest BCUT2D eigenvalue weighted by molar-refractivity contribution is 6.30. The van der Waals surface area contributed by atoms with E-state index >= 15 is 0 Å². The average Bonchev–Trinajstić information content (AvgIpc) is 3.20. The number of nitrogens with one attached hydrogen (secondary N) is 2. The number of hydrogen-bond donors (Lipinski definition) is 3. The largest absolute Gasteiger partial charge is 0.388 e. The van der Waals surface area contributed by atoms with E-state index in [-0.39, 0.29) is 0 Å². The Morgan fingerprint density at radius 1 is 1.46 bits per heavy atom. The minimum atomic E-state index is -0.890. The van der Waals surface area contributed by atoms with Gasteiger partial charge in [-0.25, -0.2) is 9.78 Å². The summed E-state index contributed by atoms with van der Waals surface area (Å²) in [6.45, 7) is 2.14. The number of nitrogens with zero attached hydrogens (tertiary/aromatic N) is 2. The second-order valence-corrected chi connectivity index (χ2v) is 6.81. The van der Waals surface area contributed by atoms with E-state index in [0.717, 1.165) is 5.82 Å². The van der Waals surface area contributed by atoms with Gasteiger partial charge in [-0.2, -0.15) is 0 Å². The Hall–Kier alpha value is -2.13. The SMILES string of the molecule is Cc1nccn1C1C2OCC(O2)C(NC(=O)Nc2cccc(Cl)c2)C1O. The van der Waals surface area contributed by atoms with E-state index in [1.165, 1.54) is 0 Å². The van der Waals surface area contributed by atoms with Gasteiger partial charge in [-0.15, -0.1) is 0 Å². The molecule has 1 aromatic carbocycles. The molecule has 2 aromatic rings. The van der Waals surface area contributed by atoms with Gasteiger partial charge in [0, 0.05) is 23.1 Å². The van der Waals surface area contributed by atoms with Crippen molar-refractivity contribution >= 4 is 23.3 Å². The summed E-state index contributed by atoms with van der Waals surface area (Å²) >= 11 is 5.93. The average molecular weight is 379 g/mol. The number of rotatable bonds is 3. The number of ether oxygens (including phenoxy) is 2. The topological polar surface area (TPSA) is 97.6 Å². The van der Waals surface area contributed by atoms with Crippen LogP contribution >= 0.6 is 11.6 Å². The number of imidazole rings is 1. The summed E-state index contributed by atoms with van der Waals surface area (Å²) in [4.78, 5) is 16.6. The molecule has 2 bridgehead atoms. The smallest absolute Gasteiger partial charge is 0.319 e.